The monoisotopic (exact) mass is 265 g/mol. The van der Waals surface area contributed by atoms with E-state index in [0.717, 1.165) is 0 Å². The van der Waals surface area contributed by atoms with Gasteiger partial charge in [-0.3, -0.25) is 14.9 Å². The number of rotatable bonds is 3. The number of carbonyl (C=O) groups excluding carboxylic acids is 1. The minimum atomic E-state index is -0.591. The lowest BCUT2D eigenvalue weighted by Gasteiger charge is -2.16. The molecule has 1 atom stereocenters. The molecular formula is C12H15N3O4. The molecule has 102 valence electrons. The molecule has 0 spiro atoms. The summed E-state index contributed by atoms with van der Waals surface area (Å²) >= 11 is 0. The number of nitrogen functional groups attached to an aromatic ring is 1. The van der Waals surface area contributed by atoms with E-state index in [1.54, 1.807) is 0 Å². The van der Waals surface area contributed by atoms with Gasteiger partial charge in [-0.25, -0.2) is 0 Å². The third-order valence-electron chi connectivity index (χ3n) is 3.28. The highest BCUT2D eigenvalue weighted by Crippen LogP contribution is 2.25. The van der Waals surface area contributed by atoms with Crippen molar-refractivity contribution in [1.29, 1.82) is 0 Å². The summed E-state index contributed by atoms with van der Waals surface area (Å²) < 4.78 is 0. The highest BCUT2D eigenvalue weighted by molar-refractivity contribution is 5.99. The van der Waals surface area contributed by atoms with Crippen LogP contribution in [0.4, 0.5) is 11.4 Å². The van der Waals surface area contributed by atoms with Gasteiger partial charge in [-0.05, 0) is 18.6 Å². The second-order valence-corrected chi connectivity index (χ2v) is 4.62. The molecule has 1 unspecified atom stereocenters. The van der Waals surface area contributed by atoms with Crippen LogP contribution in [-0.4, -0.2) is 40.5 Å². The Morgan fingerprint density at radius 1 is 1.58 bits per heavy atom. The molecule has 1 heterocycles. The van der Waals surface area contributed by atoms with E-state index >= 15 is 0 Å². The first kappa shape index (κ1) is 13.3. The number of nitro groups is 1. The number of nitrogens with two attached hydrogens (primary N) is 1. The minimum absolute atomic E-state index is 0.00332. The molecule has 0 aromatic heterocycles. The standard InChI is InChI=1S/C12H15N3O4/c13-9-1-2-11(15(18)19)10(5-9)12(17)14-4-3-8(6-14)7-16/h1-2,5,8,16H,3-4,6-7,13H2. The fourth-order valence-electron chi connectivity index (χ4n) is 2.22. The number of hydrogen-bond donors (Lipinski definition) is 2. The molecule has 1 aromatic rings. The number of nitrogens with zero attached hydrogens (tertiary/aromatic N) is 2. The first-order valence-corrected chi connectivity index (χ1v) is 5.97. The molecular weight excluding hydrogens is 250 g/mol. The van der Waals surface area contributed by atoms with Crippen LogP contribution in [0.25, 0.3) is 0 Å². The average molecular weight is 265 g/mol. The molecule has 1 aliphatic heterocycles. The van der Waals surface area contributed by atoms with Gasteiger partial charge in [-0.15, -0.1) is 0 Å². The van der Waals surface area contributed by atoms with E-state index in [0.29, 0.717) is 25.2 Å². The normalized spacial score (nSPS) is 18.6. The summed E-state index contributed by atoms with van der Waals surface area (Å²) in [6.07, 6.45) is 0.707. The van der Waals surface area contributed by atoms with Gasteiger partial charge in [-0.2, -0.15) is 0 Å². The fraction of sp³-hybridized carbons (Fsp3) is 0.417. The van der Waals surface area contributed by atoms with Crippen molar-refractivity contribution in [2.45, 2.75) is 6.42 Å². The summed E-state index contributed by atoms with van der Waals surface area (Å²) in [5.74, 6) is -0.362. The van der Waals surface area contributed by atoms with Gasteiger partial charge in [0.15, 0.2) is 0 Å². The Morgan fingerprint density at radius 2 is 2.32 bits per heavy atom. The maximum absolute atomic E-state index is 12.3. The zero-order valence-electron chi connectivity index (χ0n) is 10.3. The summed E-state index contributed by atoms with van der Waals surface area (Å²) in [6, 6.07) is 3.96. The van der Waals surface area contributed by atoms with E-state index in [1.165, 1.54) is 23.1 Å². The van der Waals surface area contributed by atoms with Crippen molar-refractivity contribution in [2.75, 3.05) is 25.4 Å². The van der Waals surface area contributed by atoms with E-state index in [-0.39, 0.29) is 23.8 Å². The fourth-order valence-corrected chi connectivity index (χ4v) is 2.22. The Bertz CT molecular complexity index is 518. The molecule has 0 bridgehead atoms. The quantitative estimate of drug-likeness (QED) is 0.473. The number of anilines is 1. The summed E-state index contributed by atoms with van der Waals surface area (Å²) in [5.41, 5.74) is 5.66. The van der Waals surface area contributed by atoms with Crippen molar-refractivity contribution >= 4 is 17.3 Å². The van der Waals surface area contributed by atoms with Crippen LogP contribution in [-0.2, 0) is 0 Å². The lowest BCUT2D eigenvalue weighted by molar-refractivity contribution is -0.385. The Hall–Kier alpha value is -2.15. The van der Waals surface area contributed by atoms with Crippen molar-refractivity contribution in [3.63, 3.8) is 0 Å². The van der Waals surface area contributed by atoms with Crippen LogP contribution in [0, 0.1) is 16.0 Å². The molecule has 7 heteroatoms. The molecule has 19 heavy (non-hydrogen) atoms. The van der Waals surface area contributed by atoms with Gasteiger partial charge in [0.2, 0.25) is 0 Å². The lowest BCUT2D eigenvalue weighted by Crippen LogP contribution is -2.29. The first-order chi connectivity index (χ1) is 9.02. The molecule has 3 N–H and O–H groups in total. The van der Waals surface area contributed by atoms with Gasteiger partial charge >= 0.3 is 0 Å². The third-order valence-corrected chi connectivity index (χ3v) is 3.28. The maximum Gasteiger partial charge on any atom is 0.282 e. The average Bonchev–Trinajstić information content (AvgIpc) is 2.86. The minimum Gasteiger partial charge on any atom is -0.399 e. The van der Waals surface area contributed by atoms with E-state index in [4.69, 9.17) is 10.8 Å². The van der Waals surface area contributed by atoms with Crippen LogP contribution < -0.4 is 5.73 Å². The van der Waals surface area contributed by atoms with Crippen LogP contribution in [0.1, 0.15) is 16.8 Å². The zero-order valence-corrected chi connectivity index (χ0v) is 10.3. The van der Waals surface area contributed by atoms with Crippen molar-refractivity contribution in [3.05, 3.63) is 33.9 Å². The van der Waals surface area contributed by atoms with Crippen molar-refractivity contribution in [3.8, 4) is 0 Å². The molecule has 7 nitrogen and oxygen atoms in total. The van der Waals surface area contributed by atoms with Gasteiger partial charge in [0.05, 0.1) is 4.92 Å². The van der Waals surface area contributed by atoms with Gasteiger partial charge in [0, 0.05) is 37.4 Å². The summed E-state index contributed by atoms with van der Waals surface area (Å²) in [5, 5.41) is 20.0. The van der Waals surface area contributed by atoms with E-state index < -0.39 is 10.8 Å². The molecule has 1 aliphatic rings. The summed E-state index contributed by atoms with van der Waals surface area (Å²) in [4.78, 5) is 24.1. The molecule has 2 rings (SSSR count). The van der Waals surface area contributed by atoms with Gasteiger partial charge in [0.1, 0.15) is 5.56 Å². The number of benzene rings is 1. The van der Waals surface area contributed by atoms with Gasteiger partial charge in [0.25, 0.3) is 11.6 Å². The first-order valence-electron chi connectivity index (χ1n) is 5.97. The predicted molar refractivity (Wildman–Crippen MR) is 68.6 cm³/mol. The number of likely N-dealkylation sites (tertiary alicyclic amines) is 1. The maximum atomic E-state index is 12.3. The van der Waals surface area contributed by atoms with Gasteiger partial charge in [-0.1, -0.05) is 0 Å². The third kappa shape index (κ3) is 2.65. The van der Waals surface area contributed by atoms with E-state index in [2.05, 4.69) is 0 Å². The van der Waals surface area contributed by atoms with Crippen LogP contribution in [0.15, 0.2) is 18.2 Å². The molecule has 0 aliphatic carbocycles. The van der Waals surface area contributed by atoms with Crippen LogP contribution >= 0.6 is 0 Å². The Labute approximate surface area is 109 Å². The summed E-state index contributed by atoms with van der Waals surface area (Å²) in [6.45, 7) is 0.931. The molecule has 0 saturated carbocycles. The topological polar surface area (TPSA) is 110 Å². The number of carbonyl (C=O) groups is 1. The SMILES string of the molecule is Nc1ccc([N+](=O)[O-])c(C(=O)N2CCC(CO)C2)c1. The second-order valence-electron chi connectivity index (χ2n) is 4.62. The van der Waals surface area contributed by atoms with Crippen molar-refractivity contribution in [2.24, 2.45) is 5.92 Å². The Balaban J connectivity index is 2.28. The number of aliphatic hydroxyl groups is 1. The number of aliphatic hydroxyl groups excluding tert-OH is 1. The molecule has 1 fully saturated rings. The predicted octanol–water partition coefficient (Wildman–Crippen LogP) is 0.631. The molecule has 0 radical (unpaired) electrons. The highest BCUT2D eigenvalue weighted by Gasteiger charge is 2.30. The Kier molecular flexibility index (Phi) is 3.66. The van der Waals surface area contributed by atoms with Crippen molar-refractivity contribution in [1.82, 2.24) is 4.90 Å². The smallest absolute Gasteiger partial charge is 0.282 e. The van der Waals surface area contributed by atoms with Crippen LogP contribution in [0.5, 0.6) is 0 Å². The molecule has 1 amide bonds. The van der Waals surface area contributed by atoms with E-state index in [1.807, 2.05) is 0 Å². The zero-order chi connectivity index (χ0) is 14.0. The lowest BCUT2D eigenvalue weighted by atomic mass is 10.1. The van der Waals surface area contributed by atoms with Crippen LogP contribution in [0.2, 0.25) is 0 Å². The Morgan fingerprint density at radius 3 is 2.89 bits per heavy atom. The summed E-state index contributed by atoms with van der Waals surface area (Å²) in [7, 11) is 0. The second kappa shape index (κ2) is 5.23. The number of nitro benzene ring substituents is 1. The van der Waals surface area contributed by atoms with Crippen molar-refractivity contribution < 1.29 is 14.8 Å². The van der Waals surface area contributed by atoms with Crippen LogP contribution in [0.3, 0.4) is 0 Å². The largest absolute Gasteiger partial charge is 0.399 e. The molecule has 1 saturated heterocycles. The highest BCUT2D eigenvalue weighted by atomic mass is 16.6. The van der Waals surface area contributed by atoms with Gasteiger partial charge < -0.3 is 15.7 Å². The number of hydrogen-bond acceptors (Lipinski definition) is 5. The molecule has 1 aromatic carbocycles. The number of amides is 1. The van der Waals surface area contributed by atoms with E-state index in [9.17, 15) is 14.9 Å².